The van der Waals surface area contributed by atoms with Gasteiger partial charge in [-0.25, -0.2) is 9.59 Å². The van der Waals surface area contributed by atoms with E-state index in [4.69, 9.17) is 10.2 Å². The lowest BCUT2D eigenvalue weighted by atomic mass is 10.1. The highest BCUT2D eigenvalue weighted by Crippen LogP contribution is 2.11. The summed E-state index contributed by atoms with van der Waals surface area (Å²) in [6, 6.07) is 0. The molecule has 204 valence electrons. The molecule has 0 aromatic heterocycles. The number of nitrogens with one attached hydrogen (secondary N) is 1. The normalized spacial score (nSPS) is 11.7. The van der Waals surface area contributed by atoms with Crippen LogP contribution >= 0.6 is 0 Å². The van der Waals surface area contributed by atoms with E-state index in [0.717, 1.165) is 25.7 Å². The maximum Gasteiger partial charge on any atom is 0.359 e. The second-order valence-corrected chi connectivity index (χ2v) is 9.65. The lowest BCUT2D eigenvalue weighted by Crippen LogP contribution is -2.56. The predicted molar refractivity (Wildman–Crippen MR) is 139 cm³/mol. The van der Waals surface area contributed by atoms with Crippen LogP contribution in [-0.2, 0) is 14.4 Å². The van der Waals surface area contributed by atoms with Gasteiger partial charge >= 0.3 is 11.9 Å². The Morgan fingerprint density at radius 3 is 1.74 bits per heavy atom. The van der Waals surface area contributed by atoms with Gasteiger partial charge in [0.25, 0.3) is 0 Å². The topological polar surface area (TPSA) is 124 Å². The van der Waals surface area contributed by atoms with E-state index in [-0.39, 0.29) is 43.2 Å². The molecule has 0 spiro atoms. The lowest BCUT2D eigenvalue weighted by molar-refractivity contribution is -0.914. The molecular weight excluding hydrogens is 448 g/mol. The van der Waals surface area contributed by atoms with E-state index < -0.39 is 11.9 Å². The molecule has 0 bridgehead atoms. The first kappa shape index (κ1) is 33.1. The van der Waals surface area contributed by atoms with Gasteiger partial charge in [-0.1, -0.05) is 70.4 Å². The van der Waals surface area contributed by atoms with Crippen molar-refractivity contribution in [2.45, 2.75) is 103 Å². The molecule has 8 heteroatoms. The van der Waals surface area contributed by atoms with Crippen molar-refractivity contribution >= 4 is 17.8 Å². The van der Waals surface area contributed by atoms with Gasteiger partial charge in [-0.15, -0.1) is 0 Å². The largest absolute Gasteiger partial charge is 0.477 e. The van der Waals surface area contributed by atoms with Crippen LogP contribution in [0.25, 0.3) is 0 Å². The number of nitrogens with zero attached hydrogens (tertiary/aromatic N) is 1. The highest BCUT2D eigenvalue weighted by Gasteiger charge is 2.32. The zero-order valence-corrected chi connectivity index (χ0v) is 22.0. The summed E-state index contributed by atoms with van der Waals surface area (Å²) in [6.07, 6.45) is 21.3. The number of carboxylic acid groups (broad SMARTS) is 2. The molecule has 0 atom stereocenters. The number of amides is 1. The molecule has 8 nitrogen and oxygen atoms in total. The molecular formula is C27H51N2O6+. The van der Waals surface area contributed by atoms with E-state index in [2.05, 4.69) is 24.4 Å². The molecule has 0 saturated heterocycles. The molecule has 0 aliphatic rings. The van der Waals surface area contributed by atoms with Crippen LogP contribution in [-0.4, -0.2) is 77.0 Å². The van der Waals surface area contributed by atoms with E-state index in [0.29, 0.717) is 19.4 Å². The van der Waals surface area contributed by atoms with E-state index in [1.54, 1.807) is 0 Å². The SMILES string of the molecule is CCCCCCCCC=CCCCCCCCC(=O)NCCC[N+](CCO)(CC(=O)O)CC(=O)O. The number of rotatable bonds is 25. The minimum absolute atomic E-state index is 0.0284. The standard InChI is InChI=1S/C27H50N2O6/c1-2-3-4-5-6-7-8-9-10-11-12-13-14-15-16-18-25(31)28-19-17-20-29(21-22-30,23-26(32)33)24-27(34)35/h9-10,30H,2-8,11-24H2,1H3,(H2-,28,31,32,33,34,35)/p+1. The van der Waals surface area contributed by atoms with Gasteiger partial charge in [-0.2, -0.15) is 0 Å². The van der Waals surface area contributed by atoms with Gasteiger partial charge in [0.2, 0.25) is 5.91 Å². The van der Waals surface area contributed by atoms with E-state index in [9.17, 15) is 19.5 Å². The fourth-order valence-corrected chi connectivity index (χ4v) is 4.36. The van der Waals surface area contributed by atoms with Crippen molar-refractivity contribution in [1.29, 1.82) is 0 Å². The highest BCUT2D eigenvalue weighted by molar-refractivity contribution is 5.75. The minimum Gasteiger partial charge on any atom is -0.477 e. The van der Waals surface area contributed by atoms with Crippen LogP contribution in [0.4, 0.5) is 0 Å². The van der Waals surface area contributed by atoms with Gasteiger partial charge in [-0.05, 0) is 32.1 Å². The van der Waals surface area contributed by atoms with Crippen molar-refractivity contribution in [1.82, 2.24) is 5.32 Å². The Morgan fingerprint density at radius 1 is 0.714 bits per heavy atom. The van der Waals surface area contributed by atoms with Crippen molar-refractivity contribution in [3.05, 3.63) is 12.2 Å². The second kappa shape index (κ2) is 22.5. The zero-order valence-electron chi connectivity index (χ0n) is 22.0. The first-order valence-corrected chi connectivity index (χ1v) is 13.7. The van der Waals surface area contributed by atoms with Crippen molar-refractivity contribution in [3.63, 3.8) is 0 Å². The van der Waals surface area contributed by atoms with Crippen LogP contribution in [0.3, 0.4) is 0 Å². The molecule has 0 fully saturated rings. The number of hydrogen-bond donors (Lipinski definition) is 4. The van der Waals surface area contributed by atoms with Crippen molar-refractivity contribution in [3.8, 4) is 0 Å². The molecule has 0 aliphatic carbocycles. The average Bonchev–Trinajstić information content (AvgIpc) is 2.78. The van der Waals surface area contributed by atoms with Crippen LogP contribution in [0.5, 0.6) is 0 Å². The highest BCUT2D eigenvalue weighted by atomic mass is 16.4. The summed E-state index contributed by atoms with van der Waals surface area (Å²) in [5.41, 5.74) is 0. The first-order valence-electron chi connectivity index (χ1n) is 13.7. The first-order chi connectivity index (χ1) is 16.8. The Morgan fingerprint density at radius 2 is 1.23 bits per heavy atom. The molecule has 0 aromatic rings. The molecule has 0 rings (SSSR count). The van der Waals surface area contributed by atoms with Gasteiger partial charge in [0.1, 0.15) is 6.54 Å². The van der Waals surface area contributed by atoms with Crippen molar-refractivity contribution in [2.24, 2.45) is 0 Å². The molecule has 35 heavy (non-hydrogen) atoms. The summed E-state index contributed by atoms with van der Waals surface area (Å²) in [5, 5.41) is 30.4. The number of quaternary nitrogens is 1. The summed E-state index contributed by atoms with van der Waals surface area (Å²) in [4.78, 5) is 34.4. The average molecular weight is 500 g/mol. The number of carbonyl (C=O) groups excluding carboxylic acids is 1. The predicted octanol–water partition coefficient (Wildman–Crippen LogP) is 4.51. The number of aliphatic hydroxyl groups excluding tert-OH is 1. The second-order valence-electron chi connectivity index (χ2n) is 9.65. The number of aliphatic hydroxyl groups is 1. The van der Waals surface area contributed by atoms with E-state index in [1.807, 2.05) is 0 Å². The molecule has 0 aliphatic heterocycles. The third-order valence-corrected chi connectivity index (χ3v) is 6.31. The molecule has 1 amide bonds. The van der Waals surface area contributed by atoms with Crippen LogP contribution < -0.4 is 5.32 Å². The summed E-state index contributed by atoms with van der Waals surface area (Å²) >= 11 is 0. The van der Waals surface area contributed by atoms with Gasteiger partial charge in [0, 0.05) is 19.4 Å². The van der Waals surface area contributed by atoms with E-state index >= 15 is 0 Å². The number of allylic oxidation sites excluding steroid dienone is 2. The minimum atomic E-state index is -1.10. The fourth-order valence-electron chi connectivity index (χ4n) is 4.36. The van der Waals surface area contributed by atoms with Gasteiger partial charge < -0.3 is 25.1 Å². The Balaban J connectivity index is 3.79. The Bertz CT molecular complexity index is 578. The molecule has 4 N–H and O–H groups in total. The molecule has 0 unspecified atom stereocenters. The summed E-state index contributed by atoms with van der Waals surface area (Å²) in [7, 11) is 0. The van der Waals surface area contributed by atoms with E-state index in [1.165, 1.54) is 57.8 Å². The van der Waals surface area contributed by atoms with Crippen molar-refractivity contribution in [2.75, 3.05) is 39.3 Å². The van der Waals surface area contributed by atoms with Gasteiger partial charge in [-0.3, -0.25) is 4.79 Å². The molecule has 0 radical (unpaired) electrons. The van der Waals surface area contributed by atoms with Gasteiger partial charge in [0.05, 0.1) is 13.2 Å². The Labute approximate surface area is 212 Å². The monoisotopic (exact) mass is 499 g/mol. The van der Waals surface area contributed by atoms with Crippen LogP contribution in [0.2, 0.25) is 0 Å². The van der Waals surface area contributed by atoms with Crippen molar-refractivity contribution < 1.29 is 34.2 Å². The number of unbranched alkanes of at least 4 members (excludes halogenated alkanes) is 11. The zero-order chi connectivity index (χ0) is 26.2. The Hall–Kier alpha value is -1.93. The molecule has 0 heterocycles. The fraction of sp³-hybridized carbons (Fsp3) is 0.815. The Kier molecular flexibility index (Phi) is 21.3. The number of carbonyl (C=O) groups is 3. The summed E-state index contributed by atoms with van der Waals surface area (Å²) < 4.78 is -0.231. The number of hydrogen-bond acceptors (Lipinski definition) is 4. The third-order valence-electron chi connectivity index (χ3n) is 6.31. The quantitative estimate of drug-likeness (QED) is 0.0832. The van der Waals surface area contributed by atoms with Crippen LogP contribution in [0, 0.1) is 0 Å². The van der Waals surface area contributed by atoms with Crippen LogP contribution in [0.15, 0.2) is 12.2 Å². The smallest absolute Gasteiger partial charge is 0.359 e. The maximum absolute atomic E-state index is 12.0. The van der Waals surface area contributed by atoms with Crippen LogP contribution in [0.1, 0.15) is 103 Å². The lowest BCUT2D eigenvalue weighted by Gasteiger charge is -2.35. The van der Waals surface area contributed by atoms with Gasteiger partial charge in [0.15, 0.2) is 13.1 Å². The molecule has 0 saturated carbocycles. The summed E-state index contributed by atoms with van der Waals surface area (Å²) in [6.45, 7) is 1.92. The third kappa shape index (κ3) is 21.1. The number of carboxylic acids is 2. The summed E-state index contributed by atoms with van der Waals surface area (Å²) in [5.74, 6) is -2.24. The number of aliphatic carboxylic acids is 2. The molecule has 0 aromatic carbocycles. The maximum atomic E-state index is 12.0.